The van der Waals surface area contributed by atoms with Crippen molar-refractivity contribution in [2.75, 3.05) is 0 Å². The summed E-state index contributed by atoms with van der Waals surface area (Å²) < 4.78 is 0. The molecule has 2 aliphatic carbocycles. The standard InChI is InChI=1S/C16H23N/c1-12(13-6-2-3-7-13)17-16-10-14-8-4-5-9-15(14)11-16/h4-5,8-9,12-13,16-17H,2-3,6-7,10-11H2,1H3/t12-/m0/s1. The second-order valence-corrected chi connectivity index (χ2v) is 5.87. The molecule has 0 heterocycles. The quantitative estimate of drug-likeness (QED) is 0.838. The van der Waals surface area contributed by atoms with Gasteiger partial charge in [-0.1, -0.05) is 37.1 Å². The highest BCUT2D eigenvalue weighted by molar-refractivity contribution is 5.33. The van der Waals surface area contributed by atoms with Crippen LogP contribution in [-0.2, 0) is 12.8 Å². The van der Waals surface area contributed by atoms with Crippen molar-refractivity contribution in [1.29, 1.82) is 0 Å². The third kappa shape index (κ3) is 2.40. The molecule has 3 rings (SSSR count). The van der Waals surface area contributed by atoms with Gasteiger partial charge >= 0.3 is 0 Å². The summed E-state index contributed by atoms with van der Waals surface area (Å²) in [5, 5.41) is 3.87. The van der Waals surface area contributed by atoms with E-state index in [9.17, 15) is 0 Å². The lowest BCUT2D eigenvalue weighted by Crippen LogP contribution is -2.40. The van der Waals surface area contributed by atoms with Crippen molar-refractivity contribution >= 4 is 0 Å². The van der Waals surface area contributed by atoms with Gasteiger partial charge in [-0.05, 0) is 49.7 Å². The van der Waals surface area contributed by atoms with Crippen molar-refractivity contribution in [1.82, 2.24) is 5.32 Å². The van der Waals surface area contributed by atoms with Crippen molar-refractivity contribution in [2.45, 2.75) is 57.5 Å². The minimum atomic E-state index is 0.683. The molecule has 0 radical (unpaired) electrons. The topological polar surface area (TPSA) is 12.0 Å². The fourth-order valence-electron chi connectivity index (χ4n) is 3.64. The van der Waals surface area contributed by atoms with Gasteiger partial charge in [0.25, 0.3) is 0 Å². The van der Waals surface area contributed by atoms with E-state index in [1.807, 2.05) is 0 Å². The molecule has 0 unspecified atom stereocenters. The number of hydrogen-bond acceptors (Lipinski definition) is 1. The van der Waals surface area contributed by atoms with Crippen LogP contribution in [0.1, 0.15) is 43.7 Å². The van der Waals surface area contributed by atoms with Gasteiger partial charge in [0, 0.05) is 12.1 Å². The zero-order valence-corrected chi connectivity index (χ0v) is 10.8. The van der Waals surface area contributed by atoms with Gasteiger partial charge in [0.1, 0.15) is 0 Å². The van der Waals surface area contributed by atoms with Crippen LogP contribution in [0.4, 0.5) is 0 Å². The van der Waals surface area contributed by atoms with Gasteiger partial charge in [-0.3, -0.25) is 0 Å². The van der Waals surface area contributed by atoms with Crippen molar-refractivity contribution in [3.63, 3.8) is 0 Å². The Hall–Kier alpha value is -0.820. The molecule has 17 heavy (non-hydrogen) atoms. The van der Waals surface area contributed by atoms with Gasteiger partial charge in [0.2, 0.25) is 0 Å². The maximum Gasteiger partial charge on any atom is 0.0151 e. The minimum absolute atomic E-state index is 0.683. The SMILES string of the molecule is C[C@H](NC1Cc2ccccc2C1)C1CCCC1. The Kier molecular flexibility index (Phi) is 3.19. The monoisotopic (exact) mass is 229 g/mol. The Labute approximate surface area is 105 Å². The van der Waals surface area contributed by atoms with Crippen molar-refractivity contribution in [2.24, 2.45) is 5.92 Å². The number of fused-ring (bicyclic) bond motifs is 1. The molecule has 0 spiro atoms. The van der Waals surface area contributed by atoms with Crippen LogP contribution in [0.3, 0.4) is 0 Å². The number of benzene rings is 1. The highest BCUT2D eigenvalue weighted by atomic mass is 15.0. The van der Waals surface area contributed by atoms with Crippen molar-refractivity contribution in [3.8, 4) is 0 Å². The third-order valence-corrected chi connectivity index (χ3v) is 4.66. The van der Waals surface area contributed by atoms with Gasteiger partial charge in [-0.2, -0.15) is 0 Å². The molecule has 1 aromatic rings. The maximum atomic E-state index is 3.87. The largest absolute Gasteiger partial charge is 0.311 e. The lowest BCUT2D eigenvalue weighted by Gasteiger charge is -2.24. The third-order valence-electron chi connectivity index (χ3n) is 4.66. The minimum Gasteiger partial charge on any atom is -0.311 e. The first-order valence-corrected chi connectivity index (χ1v) is 7.16. The average molecular weight is 229 g/mol. The molecule has 1 aromatic carbocycles. The fourth-order valence-corrected chi connectivity index (χ4v) is 3.64. The molecule has 1 atom stereocenters. The van der Waals surface area contributed by atoms with Gasteiger partial charge in [-0.25, -0.2) is 0 Å². The van der Waals surface area contributed by atoms with Crippen LogP contribution in [0, 0.1) is 5.92 Å². The molecule has 0 aromatic heterocycles. The first kappa shape index (κ1) is 11.3. The first-order valence-electron chi connectivity index (χ1n) is 7.16. The van der Waals surface area contributed by atoms with E-state index in [4.69, 9.17) is 0 Å². The van der Waals surface area contributed by atoms with E-state index >= 15 is 0 Å². The highest BCUT2D eigenvalue weighted by Gasteiger charge is 2.26. The number of hydrogen-bond donors (Lipinski definition) is 1. The summed E-state index contributed by atoms with van der Waals surface area (Å²) in [6, 6.07) is 10.3. The Morgan fingerprint density at radius 2 is 1.65 bits per heavy atom. The molecule has 0 amide bonds. The molecule has 0 aliphatic heterocycles. The zero-order chi connectivity index (χ0) is 11.7. The van der Waals surface area contributed by atoms with E-state index in [1.54, 1.807) is 11.1 Å². The van der Waals surface area contributed by atoms with Crippen molar-refractivity contribution in [3.05, 3.63) is 35.4 Å². The van der Waals surface area contributed by atoms with E-state index in [2.05, 4.69) is 36.5 Å². The van der Waals surface area contributed by atoms with E-state index in [-0.39, 0.29) is 0 Å². The van der Waals surface area contributed by atoms with Crippen LogP contribution < -0.4 is 5.32 Å². The summed E-state index contributed by atoms with van der Waals surface area (Å²) >= 11 is 0. The second kappa shape index (κ2) is 4.81. The summed E-state index contributed by atoms with van der Waals surface area (Å²) in [6.07, 6.45) is 8.23. The Morgan fingerprint density at radius 1 is 1.06 bits per heavy atom. The number of rotatable bonds is 3. The molecule has 1 fully saturated rings. The van der Waals surface area contributed by atoms with Crippen molar-refractivity contribution < 1.29 is 0 Å². The highest BCUT2D eigenvalue weighted by Crippen LogP contribution is 2.29. The van der Waals surface area contributed by atoms with Gasteiger partial charge in [0.15, 0.2) is 0 Å². The smallest absolute Gasteiger partial charge is 0.0151 e. The van der Waals surface area contributed by atoms with E-state index < -0.39 is 0 Å². The zero-order valence-electron chi connectivity index (χ0n) is 10.8. The Balaban J connectivity index is 1.58. The van der Waals surface area contributed by atoms with Gasteiger partial charge < -0.3 is 5.32 Å². The van der Waals surface area contributed by atoms with Crippen LogP contribution >= 0.6 is 0 Å². The molecule has 1 saturated carbocycles. The maximum absolute atomic E-state index is 3.87. The molecule has 92 valence electrons. The molecule has 1 N–H and O–H groups in total. The van der Waals surface area contributed by atoms with E-state index in [0.29, 0.717) is 12.1 Å². The summed E-state index contributed by atoms with van der Waals surface area (Å²) in [5.41, 5.74) is 3.12. The molecular weight excluding hydrogens is 206 g/mol. The number of nitrogens with one attached hydrogen (secondary N) is 1. The first-order chi connectivity index (χ1) is 8.33. The Morgan fingerprint density at radius 3 is 2.24 bits per heavy atom. The molecule has 0 saturated heterocycles. The lowest BCUT2D eigenvalue weighted by molar-refractivity contribution is 0.344. The molecule has 1 nitrogen and oxygen atoms in total. The molecular formula is C16H23N. The Bertz CT molecular complexity index is 354. The van der Waals surface area contributed by atoms with Gasteiger partial charge in [0.05, 0.1) is 0 Å². The fraction of sp³-hybridized carbons (Fsp3) is 0.625. The molecule has 1 heteroatoms. The van der Waals surface area contributed by atoms with Crippen LogP contribution in [0.5, 0.6) is 0 Å². The normalized spacial score (nSPS) is 22.9. The summed E-state index contributed by atoms with van der Waals surface area (Å²) in [7, 11) is 0. The van der Waals surface area contributed by atoms with E-state index in [0.717, 1.165) is 5.92 Å². The lowest BCUT2D eigenvalue weighted by atomic mass is 9.98. The molecule has 0 bridgehead atoms. The van der Waals surface area contributed by atoms with E-state index in [1.165, 1.54) is 38.5 Å². The predicted octanol–water partition coefficient (Wildman–Crippen LogP) is 3.32. The molecule has 2 aliphatic rings. The van der Waals surface area contributed by atoms with Crippen LogP contribution in [0.2, 0.25) is 0 Å². The van der Waals surface area contributed by atoms with Crippen LogP contribution in [0.15, 0.2) is 24.3 Å². The average Bonchev–Trinajstić information content (AvgIpc) is 2.97. The summed E-state index contributed by atoms with van der Waals surface area (Å²) in [5.74, 6) is 0.929. The predicted molar refractivity (Wildman–Crippen MR) is 72.2 cm³/mol. The van der Waals surface area contributed by atoms with Gasteiger partial charge in [-0.15, -0.1) is 0 Å². The second-order valence-electron chi connectivity index (χ2n) is 5.87. The summed E-state index contributed by atoms with van der Waals surface area (Å²) in [4.78, 5) is 0. The summed E-state index contributed by atoms with van der Waals surface area (Å²) in [6.45, 7) is 2.39. The van der Waals surface area contributed by atoms with Crippen LogP contribution in [-0.4, -0.2) is 12.1 Å². The van der Waals surface area contributed by atoms with Crippen LogP contribution in [0.25, 0.3) is 0 Å².